The van der Waals surface area contributed by atoms with E-state index in [4.69, 9.17) is 0 Å². The molecule has 1 N–H and O–H groups in total. The number of hydrogen-bond acceptors (Lipinski definition) is 3. The molecule has 1 aromatic carbocycles. The van der Waals surface area contributed by atoms with Crippen molar-refractivity contribution in [1.82, 2.24) is 4.90 Å². The Hall–Kier alpha value is -1.62. The zero-order chi connectivity index (χ0) is 13.4. The van der Waals surface area contributed by atoms with Crippen LogP contribution in [0.2, 0.25) is 0 Å². The summed E-state index contributed by atoms with van der Waals surface area (Å²) >= 11 is 3.33. The first kappa shape index (κ1) is 12.8. The fourth-order valence-electron chi connectivity index (χ4n) is 2.12. The van der Waals surface area contributed by atoms with E-state index in [1.807, 2.05) is 24.3 Å². The van der Waals surface area contributed by atoms with Gasteiger partial charge in [0.05, 0.1) is 11.6 Å². The van der Waals surface area contributed by atoms with Crippen molar-refractivity contribution < 1.29 is 14.7 Å². The Bertz CT molecular complexity index is 548. The van der Waals surface area contributed by atoms with E-state index in [0.717, 1.165) is 10.0 Å². The third-order valence-electron chi connectivity index (χ3n) is 3.00. The molecule has 0 saturated carbocycles. The standard InChI is InChI=1S/C13H12BrNO3/c1-7(16)10-11(15(2)13(18)12(10)17)8-3-5-9(14)6-4-8/h3-6,11,17H,1-2H3/t11-/m0/s1. The van der Waals surface area contributed by atoms with Crippen molar-refractivity contribution in [3.8, 4) is 0 Å². The fourth-order valence-corrected chi connectivity index (χ4v) is 2.38. The van der Waals surface area contributed by atoms with Crippen LogP contribution in [0, 0.1) is 0 Å². The lowest BCUT2D eigenvalue weighted by Gasteiger charge is -2.22. The first-order valence-electron chi connectivity index (χ1n) is 5.40. The highest BCUT2D eigenvalue weighted by molar-refractivity contribution is 9.10. The molecule has 0 radical (unpaired) electrons. The van der Waals surface area contributed by atoms with Crippen LogP contribution in [0.25, 0.3) is 0 Å². The number of carbonyl (C=O) groups excluding carboxylic acids is 2. The third kappa shape index (κ3) is 1.95. The molecule has 1 amide bonds. The highest BCUT2D eigenvalue weighted by Gasteiger charge is 2.40. The molecular formula is C13H12BrNO3. The van der Waals surface area contributed by atoms with Gasteiger partial charge in [0.2, 0.25) is 0 Å². The minimum Gasteiger partial charge on any atom is -0.503 e. The van der Waals surface area contributed by atoms with Crippen molar-refractivity contribution in [2.45, 2.75) is 13.0 Å². The molecule has 1 aromatic rings. The molecule has 0 saturated heterocycles. The molecule has 4 nitrogen and oxygen atoms in total. The van der Waals surface area contributed by atoms with E-state index in [-0.39, 0.29) is 11.4 Å². The predicted octanol–water partition coefficient (Wildman–Crippen LogP) is 2.36. The largest absolute Gasteiger partial charge is 0.503 e. The Morgan fingerprint density at radius 3 is 2.39 bits per heavy atom. The summed E-state index contributed by atoms with van der Waals surface area (Å²) in [6, 6.07) is 6.80. The van der Waals surface area contributed by atoms with Crippen molar-refractivity contribution in [1.29, 1.82) is 0 Å². The average Bonchev–Trinajstić information content (AvgIpc) is 2.55. The van der Waals surface area contributed by atoms with Crippen LogP contribution in [-0.2, 0) is 9.59 Å². The number of halogens is 1. The minimum atomic E-state index is -0.520. The van der Waals surface area contributed by atoms with Gasteiger partial charge >= 0.3 is 0 Å². The number of rotatable bonds is 2. The van der Waals surface area contributed by atoms with Gasteiger partial charge in [0.1, 0.15) is 0 Å². The Morgan fingerprint density at radius 2 is 1.89 bits per heavy atom. The smallest absolute Gasteiger partial charge is 0.289 e. The number of ketones is 1. The molecule has 5 heteroatoms. The quantitative estimate of drug-likeness (QED) is 0.912. The number of benzene rings is 1. The van der Waals surface area contributed by atoms with Gasteiger partial charge in [-0.1, -0.05) is 28.1 Å². The summed E-state index contributed by atoms with van der Waals surface area (Å²) in [5, 5.41) is 9.74. The molecule has 2 rings (SSSR count). The van der Waals surface area contributed by atoms with Crippen LogP contribution >= 0.6 is 15.9 Å². The van der Waals surface area contributed by atoms with Gasteiger partial charge in [-0.15, -0.1) is 0 Å². The van der Waals surface area contributed by atoms with Crippen molar-refractivity contribution in [2.75, 3.05) is 7.05 Å². The number of nitrogens with zero attached hydrogens (tertiary/aromatic N) is 1. The molecule has 0 bridgehead atoms. The number of Topliss-reactive ketones (excluding diaryl/α,β-unsaturated/α-hetero) is 1. The lowest BCUT2D eigenvalue weighted by atomic mass is 9.97. The second-order valence-electron chi connectivity index (χ2n) is 4.19. The van der Waals surface area contributed by atoms with Crippen molar-refractivity contribution in [2.24, 2.45) is 0 Å². The molecule has 0 aliphatic carbocycles. The Labute approximate surface area is 113 Å². The van der Waals surface area contributed by atoms with E-state index < -0.39 is 17.7 Å². The van der Waals surface area contributed by atoms with Crippen LogP contribution in [0.5, 0.6) is 0 Å². The molecule has 1 aliphatic rings. The highest BCUT2D eigenvalue weighted by Crippen LogP contribution is 2.36. The van der Waals surface area contributed by atoms with E-state index in [9.17, 15) is 14.7 Å². The second-order valence-corrected chi connectivity index (χ2v) is 5.10. The van der Waals surface area contributed by atoms with Gasteiger partial charge in [0.15, 0.2) is 11.5 Å². The third-order valence-corrected chi connectivity index (χ3v) is 3.53. The van der Waals surface area contributed by atoms with Gasteiger partial charge in [0, 0.05) is 11.5 Å². The summed E-state index contributed by atoms with van der Waals surface area (Å²) in [7, 11) is 1.57. The Kier molecular flexibility index (Phi) is 3.26. The van der Waals surface area contributed by atoms with Crippen molar-refractivity contribution in [3.63, 3.8) is 0 Å². The number of aliphatic hydroxyl groups is 1. The maximum atomic E-state index is 11.7. The predicted molar refractivity (Wildman–Crippen MR) is 70.0 cm³/mol. The number of hydrogen-bond donors (Lipinski definition) is 1. The summed E-state index contributed by atoms with van der Waals surface area (Å²) in [6.45, 7) is 1.35. The Balaban J connectivity index is 2.52. The normalized spacial score (nSPS) is 19.6. The Morgan fingerprint density at radius 1 is 1.33 bits per heavy atom. The van der Waals surface area contributed by atoms with Crippen LogP contribution in [0.15, 0.2) is 40.1 Å². The first-order chi connectivity index (χ1) is 8.43. The van der Waals surface area contributed by atoms with E-state index in [1.54, 1.807) is 7.05 Å². The van der Waals surface area contributed by atoms with Gasteiger partial charge in [-0.25, -0.2) is 0 Å². The second kappa shape index (κ2) is 4.57. The maximum absolute atomic E-state index is 11.7. The van der Waals surface area contributed by atoms with Crippen LogP contribution in [0.3, 0.4) is 0 Å². The lowest BCUT2D eigenvalue weighted by molar-refractivity contribution is -0.128. The lowest BCUT2D eigenvalue weighted by Crippen LogP contribution is -2.26. The topological polar surface area (TPSA) is 57.6 Å². The van der Waals surface area contributed by atoms with Gasteiger partial charge in [-0.05, 0) is 24.6 Å². The SMILES string of the molecule is CC(=O)C1=C(O)C(=O)N(C)[C@H]1c1ccc(Br)cc1. The van der Waals surface area contributed by atoms with Crippen molar-refractivity contribution in [3.05, 3.63) is 45.6 Å². The van der Waals surface area contributed by atoms with Gasteiger partial charge < -0.3 is 10.0 Å². The van der Waals surface area contributed by atoms with Crippen molar-refractivity contribution >= 4 is 27.6 Å². The molecule has 0 spiro atoms. The summed E-state index contributed by atoms with van der Waals surface area (Å²) in [4.78, 5) is 24.7. The van der Waals surface area contributed by atoms with Gasteiger partial charge in [-0.3, -0.25) is 9.59 Å². The number of carbonyl (C=O) groups is 2. The molecule has 1 atom stereocenters. The number of amides is 1. The van der Waals surface area contributed by atoms with E-state index in [1.165, 1.54) is 11.8 Å². The number of likely N-dealkylation sites (N-methyl/N-ethyl adjacent to an activating group) is 1. The fraction of sp³-hybridized carbons (Fsp3) is 0.231. The summed E-state index contributed by atoms with van der Waals surface area (Å²) in [6.07, 6.45) is 0. The molecule has 1 heterocycles. The molecule has 1 aliphatic heterocycles. The number of aliphatic hydroxyl groups excluding tert-OH is 1. The van der Waals surface area contributed by atoms with E-state index >= 15 is 0 Å². The van der Waals surface area contributed by atoms with Gasteiger partial charge in [-0.2, -0.15) is 0 Å². The molecule has 0 fully saturated rings. The van der Waals surface area contributed by atoms with Gasteiger partial charge in [0.25, 0.3) is 5.91 Å². The van der Waals surface area contributed by atoms with Crippen LogP contribution in [0.1, 0.15) is 18.5 Å². The maximum Gasteiger partial charge on any atom is 0.289 e. The van der Waals surface area contributed by atoms with Crippen LogP contribution in [0.4, 0.5) is 0 Å². The molecule has 0 aromatic heterocycles. The molecule has 18 heavy (non-hydrogen) atoms. The first-order valence-corrected chi connectivity index (χ1v) is 6.19. The monoisotopic (exact) mass is 309 g/mol. The van der Waals surface area contributed by atoms with E-state index in [2.05, 4.69) is 15.9 Å². The zero-order valence-electron chi connectivity index (χ0n) is 9.98. The summed E-state index contributed by atoms with van der Waals surface area (Å²) < 4.78 is 0.913. The van der Waals surface area contributed by atoms with Crippen LogP contribution < -0.4 is 0 Å². The molecule has 0 unspecified atom stereocenters. The molecular weight excluding hydrogens is 298 g/mol. The summed E-state index contributed by atoms with van der Waals surface area (Å²) in [5.74, 6) is -1.26. The average molecular weight is 310 g/mol. The minimum absolute atomic E-state index is 0.157. The van der Waals surface area contributed by atoms with Crippen LogP contribution in [-0.4, -0.2) is 28.7 Å². The van der Waals surface area contributed by atoms with E-state index in [0.29, 0.717) is 0 Å². The zero-order valence-corrected chi connectivity index (χ0v) is 11.6. The summed E-state index contributed by atoms with van der Waals surface area (Å²) in [5.41, 5.74) is 0.952. The molecule has 94 valence electrons. The highest BCUT2D eigenvalue weighted by atomic mass is 79.9.